The van der Waals surface area contributed by atoms with Crippen LogP contribution in [0.3, 0.4) is 0 Å². The second kappa shape index (κ2) is 1.98. The molecule has 5 nitrogen and oxygen atoms in total. The van der Waals surface area contributed by atoms with Gasteiger partial charge in [-0.05, 0) is 0 Å². The van der Waals surface area contributed by atoms with Gasteiger partial charge >= 0.3 is 0 Å². The van der Waals surface area contributed by atoms with E-state index >= 15 is 0 Å². The van der Waals surface area contributed by atoms with E-state index in [9.17, 15) is 13.2 Å². The molecule has 0 aliphatic carbocycles. The van der Waals surface area contributed by atoms with Crippen molar-refractivity contribution >= 4 is 27.5 Å². The minimum Gasteiger partial charge on any atom is -0.310 e. The van der Waals surface area contributed by atoms with Gasteiger partial charge < -0.3 is 5.32 Å². The summed E-state index contributed by atoms with van der Waals surface area (Å²) >= 11 is 0. The van der Waals surface area contributed by atoms with E-state index in [1.807, 2.05) is 0 Å². The number of nitrogens with one attached hydrogen (secondary N) is 1. The Kier molecular flexibility index (Phi) is 1.31. The fourth-order valence-corrected chi connectivity index (χ4v) is 0.738. The first-order chi connectivity index (χ1) is 4.22. The van der Waals surface area contributed by atoms with E-state index in [1.165, 1.54) is 0 Å². The zero-order valence-electron chi connectivity index (χ0n) is 4.16. The molecular weight excluding hydrogens is 144 g/mol. The molecule has 0 fully saturated rings. The van der Waals surface area contributed by atoms with Gasteiger partial charge in [0.2, 0.25) is 15.3 Å². The SMILES string of the molecule is O=C1NC=NC1=S(=O)=O. The quantitative estimate of drug-likeness (QED) is 0.408. The molecule has 1 aliphatic heterocycles. The number of aliphatic imine (C=N–C) groups is 1. The summed E-state index contributed by atoms with van der Waals surface area (Å²) in [4.78, 5) is 13.1. The highest BCUT2D eigenvalue weighted by molar-refractivity contribution is 7.74. The highest BCUT2D eigenvalue weighted by Crippen LogP contribution is 1.81. The number of amides is 1. The fraction of sp³-hybridized carbons (Fsp3) is 0. The molecule has 0 saturated carbocycles. The molecule has 0 bridgehead atoms. The molecule has 0 spiro atoms. The van der Waals surface area contributed by atoms with E-state index < -0.39 is 21.2 Å². The van der Waals surface area contributed by atoms with Crippen molar-refractivity contribution in [2.24, 2.45) is 4.99 Å². The Bertz CT molecular complexity index is 291. The summed E-state index contributed by atoms with van der Waals surface area (Å²) in [6.07, 6.45) is 1.04. The van der Waals surface area contributed by atoms with Crippen molar-refractivity contribution in [1.29, 1.82) is 0 Å². The van der Waals surface area contributed by atoms with Crippen LogP contribution in [0.5, 0.6) is 0 Å². The van der Waals surface area contributed by atoms with Crippen molar-refractivity contribution in [3.8, 4) is 0 Å². The van der Waals surface area contributed by atoms with E-state index in [2.05, 4.69) is 10.3 Å². The van der Waals surface area contributed by atoms with Gasteiger partial charge in [-0.2, -0.15) is 8.42 Å². The van der Waals surface area contributed by atoms with Crippen LogP contribution in [0, 0.1) is 0 Å². The van der Waals surface area contributed by atoms with Crippen LogP contribution >= 0.6 is 0 Å². The zero-order chi connectivity index (χ0) is 6.85. The van der Waals surface area contributed by atoms with E-state index in [4.69, 9.17) is 0 Å². The van der Waals surface area contributed by atoms with Crippen LogP contribution in [0.2, 0.25) is 0 Å². The molecule has 1 heterocycles. The van der Waals surface area contributed by atoms with E-state index in [-0.39, 0.29) is 0 Å². The number of rotatable bonds is 0. The number of hydrogen-bond donors (Lipinski definition) is 1. The first kappa shape index (κ1) is 5.96. The lowest BCUT2D eigenvalue weighted by molar-refractivity contribution is -0.113. The Morgan fingerprint density at radius 2 is 2.22 bits per heavy atom. The van der Waals surface area contributed by atoms with Gasteiger partial charge in [-0.3, -0.25) is 4.79 Å². The first-order valence-electron chi connectivity index (χ1n) is 2.01. The van der Waals surface area contributed by atoms with Crippen LogP contribution in [0.15, 0.2) is 4.99 Å². The lowest BCUT2D eigenvalue weighted by Crippen LogP contribution is -2.20. The van der Waals surface area contributed by atoms with Crippen LogP contribution in [-0.4, -0.2) is 25.7 Å². The molecule has 1 amide bonds. The average Bonchev–Trinajstić information content (AvgIpc) is 2.13. The van der Waals surface area contributed by atoms with Crippen LogP contribution in [0.4, 0.5) is 0 Å². The van der Waals surface area contributed by atoms with Crippen LogP contribution in [0.25, 0.3) is 0 Å². The molecule has 6 heteroatoms. The minimum absolute atomic E-state index is 0.463. The Balaban J connectivity index is 3.27. The maximum Gasteiger partial charge on any atom is 0.291 e. The maximum absolute atomic E-state index is 10.3. The summed E-state index contributed by atoms with van der Waals surface area (Å²) in [6, 6.07) is 0. The first-order valence-corrected chi connectivity index (χ1v) is 3.09. The average molecular weight is 146 g/mol. The van der Waals surface area contributed by atoms with Crippen LogP contribution in [-0.2, 0) is 15.1 Å². The Labute approximate surface area is 51.9 Å². The highest BCUT2D eigenvalue weighted by Gasteiger charge is 2.14. The van der Waals surface area contributed by atoms with Crippen LogP contribution < -0.4 is 5.32 Å². The lowest BCUT2D eigenvalue weighted by Gasteiger charge is -1.78. The third-order valence-corrected chi connectivity index (χ3v) is 1.34. The van der Waals surface area contributed by atoms with Gasteiger partial charge in [-0.15, -0.1) is 0 Å². The second-order valence-corrected chi connectivity index (χ2v) is 2.13. The molecule has 0 aromatic rings. The van der Waals surface area contributed by atoms with Crippen molar-refractivity contribution < 1.29 is 13.2 Å². The summed E-state index contributed by atoms with van der Waals surface area (Å²) in [5, 5.41) is 2.09. The molecule has 1 aliphatic rings. The van der Waals surface area contributed by atoms with Crippen molar-refractivity contribution in [1.82, 2.24) is 5.32 Å². The van der Waals surface area contributed by atoms with Crippen molar-refractivity contribution in [2.75, 3.05) is 0 Å². The lowest BCUT2D eigenvalue weighted by atomic mass is 10.6. The predicted molar refractivity (Wildman–Crippen MR) is 30.6 cm³/mol. The van der Waals surface area contributed by atoms with Crippen molar-refractivity contribution in [2.45, 2.75) is 0 Å². The number of hydrogen-bond acceptors (Lipinski definition) is 3. The van der Waals surface area contributed by atoms with Gasteiger partial charge in [0.05, 0.1) is 6.34 Å². The van der Waals surface area contributed by atoms with E-state index in [0.717, 1.165) is 6.34 Å². The standard InChI is InChI=1S/C3H2N2O3S/c6-2-3(9(7)8)5-1-4-2/h1H,(H,4,5,6). The molecular formula is C3H2N2O3S. The second-order valence-electron chi connectivity index (χ2n) is 1.27. The summed E-state index contributed by atoms with van der Waals surface area (Å²) in [7, 11) is -2.51. The molecule has 0 radical (unpaired) electrons. The Morgan fingerprint density at radius 3 is 2.44 bits per heavy atom. The molecule has 0 saturated heterocycles. The Morgan fingerprint density at radius 1 is 1.56 bits per heavy atom. The third kappa shape index (κ3) is 0.968. The number of nitrogens with zero attached hydrogens (tertiary/aromatic N) is 1. The predicted octanol–water partition coefficient (Wildman–Crippen LogP) is -1.85. The minimum atomic E-state index is -2.51. The number of carbonyl (C=O) groups excluding carboxylic acids is 1. The topological polar surface area (TPSA) is 75.6 Å². The molecule has 0 aromatic heterocycles. The van der Waals surface area contributed by atoms with Crippen LogP contribution in [0.1, 0.15) is 0 Å². The summed E-state index contributed by atoms with van der Waals surface area (Å²) in [6.45, 7) is 0. The van der Waals surface area contributed by atoms with Gasteiger partial charge in [0, 0.05) is 0 Å². The maximum atomic E-state index is 10.3. The normalized spacial score (nSPS) is 16.0. The molecule has 48 valence electrons. The summed E-state index contributed by atoms with van der Waals surface area (Å²) in [5.41, 5.74) is 0. The van der Waals surface area contributed by atoms with Gasteiger partial charge in [0.1, 0.15) is 0 Å². The smallest absolute Gasteiger partial charge is 0.291 e. The zero-order valence-corrected chi connectivity index (χ0v) is 4.97. The Hall–Kier alpha value is -1.17. The summed E-state index contributed by atoms with van der Waals surface area (Å²) in [5.74, 6) is -0.677. The van der Waals surface area contributed by atoms with E-state index in [1.54, 1.807) is 0 Å². The molecule has 1 rings (SSSR count). The molecule has 1 N–H and O–H groups in total. The molecule has 0 atom stereocenters. The summed E-state index contributed by atoms with van der Waals surface area (Å²) < 4.78 is 20.0. The monoisotopic (exact) mass is 146 g/mol. The van der Waals surface area contributed by atoms with Gasteiger partial charge in [-0.1, -0.05) is 0 Å². The van der Waals surface area contributed by atoms with Crippen molar-refractivity contribution in [3.05, 3.63) is 0 Å². The van der Waals surface area contributed by atoms with Gasteiger partial charge in [0.15, 0.2) is 0 Å². The molecule has 9 heavy (non-hydrogen) atoms. The molecule has 0 aromatic carbocycles. The van der Waals surface area contributed by atoms with Gasteiger partial charge in [-0.25, -0.2) is 4.99 Å². The van der Waals surface area contributed by atoms with Crippen molar-refractivity contribution in [3.63, 3.8) is 0 Å². The largest absolute Gasteiger partial charge is 0.310 e. The van der Waals surface area contributed by atoms with E-state index in [0.29, 0.717) is 0 Å². The third-order valence-electron chi connectivity index (χ3n) is 0.730. The number of carbonyl (C=O) groups is 1. The fourth-order valence-electron chi connectivity index (χ4n) is 0.389. The van der Waals surface area contributed by atoms with Gasteiger partial charge in [0.25, 0.3) is 5.91 Å². The highest BCUT2D eigenvalue weighted by atomic mass is 32.2. The molecule has 0 unspecified atom stereocenters.